The average molecular weight is 162 g/mol. The number of hydrogen-bond donors (Lipinski definition) is 3. The minimum Gasteiger partial charge on any atom is -0.479 e. The molecule has 0 aromatic rings. The Bertz CT molecular complexity index is 195. The lowest BCUT2D eigenvalue weighted by Gasteiger charge is -1.99. The maximum Gasteiger partial charge on any atom is 0.372 e. The van der Waals surface area contributed by atoms with E-state index >= 15 is 0 Å². The van der Waals surface area contributed by atoms with Crippen LogP contribution in [0.3, 0.4) is 0 Å². The van der Waals surface area contributed by atoms with Crippen LogP contribution in [-0.2, 0) is 14.4 Å². The standard InChI is InChI=1S/C5H6O6/c6-2(4(8)9)1-3(7)5(10)11/h2,6H,1H2,(H,8,9)(H,10,11)/t2-/m0/s1. The predicted molar refractivity (Wildman–Crippen MR) is 30.9 cm³/mol. The van der Waals surface area contributed by atoms with Gasteiger partial charge >= 0.3 is 11.9 Å². The summed E-state index contributed by atoms with van der Waals surface area (Å²) < 4.78 is 0. The Labute approximate surface area is 61.1 Å². The number of aliphatic hydroxyl groups excluding tert-OH is 1. The van der Waals surface area contributed by atoms with Gasteiger partial charge in [-0.25, -0.2) is 9.59 Å². The number of carbonyl (C=O) groups excluding carboxylic acids is 1. The van der Waals surface area contributed by atoms with Gasteiger partial charge in [0.1, 0.15) is 0 Å². The first-order chi connectivity index (χ1) is 4.95. The van der Waals surface area contributed by atoms with Gasteiger partial charge in [0.15, 0.2) is 6.10 Å². The number of ketones is 1. The Morgan fingerprint density at radius 2 is 1.64 bits per heavy atom. The highest BCUT2D eigenvalue weighted by molar-refractivity contribution is 6.33. The van der Waals surface area contributed by atoms with Crippen molar-refractivity contribution in [1.29, 1.82) is 0 Å². The van der Waals surface area contributed by atoms with Crippen LogP contribution in [-0.4, -0.2) is 39.1 Å². The number of hydrogen-bond acceptors (Lipinski definition) is 4. The lowest BCUT2D eigenvalue weighted by atomic mass is 10.2. The summed E-state index contributed by atoms with van der Waals surface area (Å²) in [7, 11) is 0. The molecule has 0 amide bonds. The largest absolute Gasteiger partial charge is 0.479 e. The Hall–Kier alpha value is -1.43. The van der Waals surface area contributed by atoms with Gasteiger partial charge in [-0.15, -0.1) is 0 Å². The minimum absolute atomic E-state index is 0.898. The third kappa shape index (κ3) is 3.31. The molecular weight excluding hydrogens is 156 g/mol. The van der Waals surface area contributed by atoms with E-state index in [1.165, 1.54) is 0 Å². The highest BCUT2D eigenvalue weighted by Gasteiger charge is 2.21. The topological polar surface area (TPSA) is 112 Å². The van der Waals surface area contributed by atoms with E-state index in [1.807, 2.05) is 0 Å². The molecule has 0 saturated heterocycles. The molecule has 3 N–H and O–H groups in total. The van der Waals surface area contributed by atoms with Crippen molar-refractivity contribution in [2.45, 2.75) is 12.5 Å². The molecule has 0 unspecified atom stereocenters. The van der Waals surface area contributed by atoms with Crippen LogP contribution in [0, 0.1) is 0 Å². The van der Waals surface area contributed by atoms with Crippen LogP contribution in [0.15, 0.2) is 0 Å². The van der Waals surface area contributed by atoms with Gasteiger partial charge in [0, 0.05) is 0 Å². The maximum absolute atomic E-state index is 10.2. The Morgan fingerprint density at radius 1 is 1.18 bits per heavy atom. The molecule has 0 aliphatic heterocycles. The van der Waals surface area contributed by atoms with Crippen LogP contribution in [0.4, 0.5) is 0 Å². The lowest BCUT2D eigenvalue weighted by Crippen LogP contribution is -2.26. The predicted octanol–water partition coefficient (Wildman–Crippen LogP) is -1.52. The molecule has 1 atom stereocenters. The maximum atomic E-state index is 10.2. The van der Waals surface area contributed by atoms with Gasteiger partial charge < -0.3 is 15.3 Å². The van der Waals surface area contributed by atoms with E-state index in [0.29, 0.717) is 0 Å². The second-order valence-corrected chi connectivity index (χ2v) is 1.79. The van der Waals surface area contributed by atoms with Crippen molar-refractivity contribution >= 4 is 17.7 Å². The van der Waals surface area contributed by atoms with Gasteiger partial charge in [-0.05, 0) is 0 Å². The summed E-state index contributed by atoms with van der Waals surface area (Å²) in [5, 5.41) is 24.4. The summed E-state index contributed by atoms with van der Waals surface area (Å²) in [5.41, 5.74) is 0. The Morgan fingerprint density at radius 3 is 1.91 bits per heavy atom. The zero-order chi connectivity index (χ0) is 9.02. The fraction of sp³-hybridized carbons (Fsp3) is 0.400. The molecule has 0 radical (unpaired) electrons. The lowest BCUT2D eigenvalue weighted by molar-refractivity contribution is -0.154. The second-order valence-electron chi connectivity index (χ2n) is 1.79. The molecule has 6 heteroatoms. The normalized spacial score (nSPS) is 12.1. The Balaban J connectivity index is 3.95. The van der Waals surface area contributed by atoms with E-state index < -0.39 is 30.2 Å². The number of carboxylic acids is 2. The van der Waals surface area contributed by atoms with Gasteiger partial charge in [0.05, 0.1) is 6.42 Å². The van der Waals surface area contributed by atoms with Crippen LogP contribution >= 0.6 is 0 Å². The number of Topliss-reactive ketones (excluding diaryl/α,β-unsaturated/α-hetero) is 1. The highest BCUT2D eigenvalue weighted by Crippen LogP contribution is 1.92. The molecule has 0 bridgehead atoms. The van der Waals surface area contributed by atoms with E-state index in [4.69, 9.17) is 15.3 Å². The van der Waals surface area contributed by atoms with Crippen molar-refractivity contribution in [1.82, 2.24) is 0 Å². The molecule has 0 spiro atoms. The summed E-state index contributed by atoms with van der Waals surface area (Å²) >= 11 is 0. The van der Waals surface area contributed by atoms with Crippen LogP contribution in [0.25, 0.3) is 0 Å². The quantitative estimate of drug-likeness (QED) is 0.432. The molecule has 0 rings (SSSR count). The van der Waals surface area contributed by atoms with Crippen molar-refractivity contribution in [3.8, 4) is 0 Å². The fourth-order valence-electron chi connectivity index (χ4n) is 0.350. The summed E-state index contributed by atoms with van der Waals surface area (Å²) in [5.74, 6) is -4.68. The zero-order valence-corrected chi connectivity index (χ0v) is 5.35. The summed E-state index contributed by atoms with van der Waals surface area (Å²) in [6.07, 6.45) is -2.83. The minimum atomic E-state index is -1.93. The number of aliphatic carboxylic acids is 2. The van der Waals surface area contributed by atoms with Gasteiger partial charge in [0.25, 0.3) is 0 Å². The number of aliphatic hydroxyl groups is 1. The van der Waals surface area contributed by atoms with Gasteiger partial charge in [-0.3, -0.25) is 4.79 Å². The number of carbonyl (C=O) groups is 3. The summed E-state index contributed by atoms with van der Waals surface area (Å²) in [6.45, 7) is 0. The molecule has 0 fully saturated rings. The SMILES string of the molecule is O=C(O)C(=O)C[C@H](O)C(=O)O. The molecule has 0 saturated carbocycles. The van der Waals surface area contributed by atoms with E-state index in [1.54, 1.807) is 0 Å². The van der Waals surface area contributed by atoms with Gasteiger partial charge in [-0.2, -0.15) is 0 Å². The van der Waals surface area contributed by atoms with Crippen molar-refractivity contribution in [2.75, 3.05) is 0 Å². The highest BCUT2D eigenvalue weighted by atomic mass is 16.4. The summed E-state index contributed by atoms with van der Waals surface area (Å²) in [6, 6.07) is 0. The van der Waals surface area contributed by atoms with E-state index in [9.17, 15) is 14.4 Å². The first kappa shape index (κ1) is 9.57. The monoisotopic (exact) mass is 162 g/mol. The Kier molecular flexibility index (Phi) is 3.19. The van der Waals surface area contributed by atoms with Crippen molar-refractivity contribution in [3.63, 3.8) is 0 Å². The fourth-order valence-corrected chi connectivity index (χ4v) is 0.350. The third-order valence-corrected chi connectivity index (χ3v) is 0.902. The van der Waals surface area contributed by atoms with Crippen molar-refractivity contribution < 1.29 is 29.7 Å². The van der Waals surface area contributed by atoms with Crippen molar-refractivity contribution in [3.05, 3.63) is 0 Å². The van der Waals surface area contributed by atoms with Crippen LogP contribution in [0.1, 0.15) is 6.42 Å². The van der Waals surface area contributed by atoms with Gasteiger partial charge in [-0.1, -0.05) is 0 Å². The van der Waals surface area contributed by atoms with Gasteiger partial charge in [0.2, 0.25) is 5.78 Å². The molecule has 6 nitrogen and oxygen atoms in total. The van der Waals surface area contributed by atoms with Crippen LogP contribution in [0.5, 0.6) is 0 Å². The average Bonchev–Trinajstić information content (AvgIpc) is 1.87. The molecule has 0 heterocycles. The zero-order valence-electron chi connectivity index (χ0n) is 5.35. The first-order valence-electron chi connectivity index (χ1n) is 2.62. The molecule has 62 valence electrons. The molecule has 11 heavy (non-hydrogen) atoms. The second kappa shape index (κ2) is 3.67. The molecule has 0 aliphatic rings. The first-order valence-corrected chi connectivity index (χ1v) is 2.62. The molecular formula is C5H6O6. The number of carboxylic acid groups (broad SMARTS) is 2. The van der Waals surface area contributed by atoms with Crippen molar-refractivity contribution in [2.24, 2.45) is 0 Å². The smallest absolute Gasteiger partial charge is 0.372 e. The van der Waals surface area contributed by atoms with E-state index in [0.717, 1.165) is 0 Å². The summed E-state index contributed by atoms with van der Waals surface area (Å²) in [4.78, 5) is 29.9. The van der Waals surface area contributed by atoms with E-state index in [-0.39, 0.29) is 0 Å². The van der Waals surface area contributed by atoms with Crippen LogP contribution < -0.4 is 0 Å². The third-order valence-electron chi connectivity index (χ3n) is 0.902. The number of rotatable bonds is 4. The van der Waals surface area contributed by atoms with E-state index in [2.05, 4.69) is 0 Å². The molecule has 0 aromatic carbocycles. The van der Waals surface area contributed by atoms with Crippen LogP contribution in [0.2, 0.25) is 0 Å². The molecule has 0 aromatic heterocycles. The molecule has 0 aliphatic carbocycles.